The SMILES string of the molecule is CC1CCCN(CC(C)NC(=O)CC2(CN)CCCCC2)C1.Cl.Cl. The second-order valence-electron chi connectivity index (χ2n) is 7.92. The molecule has 0 aromatic heterocycles. The number of nitrogens with zero attached hydrogens (tertiary/aromatic N) is 1. The average molecular weight is 382 g/mol. The van der Waals surface area contributed by atoms with E-state index in [1.165, 1.54) is 45.2 Å². The van der Waals surface area contributed by atoms with Crippen molar-refractivity contribution in [1.29, 1.82) is 0 Å². The van der Waals surface area contributed by atoms with Crippen molar-refractivity contribution in [2.24, 2.45) is 17.1 Å². The molecular weight excluding hydrogens is 345 g/mol. The van der Waals surface area contributed by atoms with E-state index in [0.717, 1.165) is 25.3 Å². The highest BCUT2D eigenvalue weighted by Crippen LogP contribution is 2.38. The van der Waals surface area contributed by atoms with E-state index in [4.69, 9.17) is 5.73 Å². The van der Waals surface area contributed by atoms with E-state index in [9.17, 15) is 4.79 Å². The van der Waals surface area contributed by atoms with Gasteiger partial charge in [-0.3, -0.25) is 4.79 Å². The molecule has 1 saturated carbocycles. The summed E-state index contributed by atoms with van der Waals surface area (Å²) in [6.07, 6.45) is 9.24. The third kappa shape index (κ3) is 7.47. The number of halogens is 2. The molecule has 0 spiro atoms. The highest BCUT2D eigenvalue weighted by atomic mass is 35.5. The van der Waals surface area contributed by atoms with Crippen molar-refractivity contribution in [3.05, 3.63) is 0 Å². The van der Waals surface area contributed by atoms with Crippen LogP contribution >= 0.6 is 24.8 Å². The van der Waals surface area contributed by atoms with E-state index in [1.54, 1.807) is 0 Å². The van der Waals surface area contributed by atoms with E-state index in [1.807, 2.05) is 0 Å². The molecule has 2 rings (SSSR count). The maximum atomic E-state index is 12.4. The molecule has 2 atom stereocenters. The van der Waals surface area contributed by atoms with Gasteiger partial charge >= 0.3 is 0 Å². The number of hydrogen-bond acceptors (Lipinski definition) is 3. The standard InChI is InChI=1S/C18H35N3O.2ClH/c1-15-7-6-10-21(12-15)13-16(2)20-17(22)11-18(14-19)8-4-3-5-9-18;;/h15-16H,3-14,19H2,1-2H3,(H,20,22);2*1H. The smallest absolute Gasteiger partial charge is 0.220 e. The number of rotatable bonds is 6. The predicted octanol–water partition coefficient (Wildman–Crippen LogP) is 3.37. The summed E-state index contributed by atoms with van der Waals surface area (Å²) in [5.41, 5.74) is 6.06. The van der Waals surface area contributed by atoms with Crippen LogP contribution < -0.4 is 11.1 Å². The number of carbonyl (C=O) groups is 1. The fraction of sp³-hybridized carbons (Fsp3) is 0.944. The van der Waals surface area contributed by atoms with Gasteiger partial charge in [-0.2, -0.15) is 0 Å². The van der Waals surface area contributed by atoms with Gasteiger partial charge in [-0.25, -0.2) is 0 Å². The summed E-state index contributed by atoms with van der Waals surface area (Å²) in [6.45, 7) is 8.44. The number of likely N-dealkylation sites (tertiary alicyclic amines) is 1. The zero-order valence-electron chi connectivity index (χ0n) is 15.4. The largest absolute Gasteiger partial charge is 0.352 e. The van der Waals surface area contributed by atoms with Crippen LogP contribution in [0.1, 0.15) is 65.2 Å². The molecular formula is C18H37Cl2N3O. The Morgan fingerprint density at radius 1 is 1.25 bits per heavy atom. The number of nitrogens with two attached hydrogens (primary N) is 1. The molecule has 0 radical (unpaired) electrons. The van der Waals surface area contributed by atoms with Crippen LogP contribution in [0.5, 0.6) is 0 Å². The van der Waals surface area contributed by atoms with Crippen molar-refractivity contribution in [2.75, 3.05) is 26.2 Å². The third-order valence-electron chi connectivity index (χ3n) is 5.56. The Morgan fingerprint density at radius 3 is 2.50 bits per heavy atom. The highest BCUT2D eigenvalue weighted by molar-refractivity contribution is 5.85. The quantitative estimate of drug-likeness (QED) is 0.741. The first-order chi connectivity index (χ1) is 10.5. The first kappa shape index (κ1) is 24.0. The van der Waals surface area contributed by atoms with Crippen LogP contribution in [0.2, 0.25) is 0 Å². The number of amides is 1. The summed E-state index contributed by atoms with van der Waals surface area (Å²) >= 11 is 0. The molecule has 2 unspecified atom stereocenters. The first-order valence-electron chi connectivity index (χ1n) is 9.25. The van der Waals surface area contributed by atoms with Gasteiger partial charge in [0.25, 0.3) is 0 Å². The van der Waals surface area contributed by atoms with Crippen molar-refractivity contribution in [3.63, 3.8) is 0 Å². The fourth-order valence-electron chi connectivity index (χ4n) is 4.31. The summed E-state index contributed by atoms with van der Waals surface area (Å²) in [5, 5.41) is 3.21. The van der Waals surface area contributed by atoms with Crippen molar-refractivity contribution in [2.45, 2.75) is 71.3 Å². The fourth-order valence-corrected chi connectivity index (χ4v) is 4.31. The van der Waals surface area contributed by atoms with E-state index >= 15 is 0 Å². The number of piperidine rings is 1. The summed E-state index contributed by atoms with van der Waals surface area (Å²) in [6, 6.07) is 0.233. The minimum Gasteiger partial charge on any atom is -0.352 e. The molecule has 1 saturated heterocycles. The zero-order valence-corrected chi connectivity index (χ0v) is 17.0. The average Bonchev–Trinajstić information content (AvgIpc) is 2.47. The Balaban J connectivity index is 0.00000264. The van der Waals surface area contributed by atoms with Gasteiger partial charge in [-0.05, 0) is 57.0 Å². The lowest BCUT2D eigenvalue weighted by Crippen LogP contribution is -2.47. The van der Waals surface area contributed by atoms with E-state index in [2.05, 4.69) is 24.1 Å². The maximum Gasteiger partial charge on any atom is 0.220 e. The molecule has 1 aliphatic heterocycles. The monoisotopic (exact) mass is 381 g/mol. The van der Waals surface area contributed by atoms with E-state index < -0.39 is 0 Å². The lowest BCUT2D eigenvalue weighted by atomic mass is 9.71. The van der Waals surface area contributed by atoms with Gasteiger partial charge in [-0.1, -0.05) is 26.2 Å². The molecule has 144 valence electrons. The molecule has 0 aromatic rings. The summed E-state index contributed by atoms with van der Waals surface area (Å²) in [7, 11) is 0. The van der Waals surface area contributed by atoms with Crippen LogP contribution in [0.3, 0.4) is 0 Å². The van der Waals surface area contributed by atoms with Gasteiger partial charge in [0.05, 0.1) is 0 Å². The number of nitrogens with one attached hydrogen (secondary N) is 1. The van der Waals surface area contributed by atoms with Crippen LogP contribution in [0, 0.1) is 11.3 Å². The minimum atomic E-state index is 0. The lowest BCUT2D eigenvalue weighted by molar-refractivity contribution is -0.124. The molecule has 0 aromatic carbocycles. The van der Waals surface area contributed by atoms with E-state index in [-0.39, 0.29) is 42.2 Å². The topological polar surface area (TPSA) is 58.4 Å². The maximum absolute atomic E-state index is 12.4. The molecule has 3 N–H and O–H groups in total. The molecule has 1 aliphatic carbocycles. The second kappa shape index (κ2) is 11.6. The third-order valence-corrected chi connectivity index (χ3v) is 5.56. The molecule has 24 heavy (non-hydrogen) atoms. The van der Waals surface area contributed by atoms with Gasteiger partial charge in [0.15, 0.2) is 0 Å². The molecule has 2 fully saturated rings. The highest BCUT2D eigenvalue weighted by Gasteiger charge is 2.33. The van der Waals surface area contributed by atoms with Gasteiger partial charge in [0.2, 0.25) is 5.91 Å². The Labute approximate surface area is 160 Å². The summed E-state index contributed by atoms with van der Waals surface area (Å²) < 4.78 is 0. The van der Waals surface area contributed by atoms with Crippen LogP contribution in [0.4, 0.5) is 0 Å². The molecule has 1 heterocycles. The van der Waals surface area contributed by atoms with Gasteiger partial charge in [0.1, 0.15) is 0 Å². The molecule has 1 amide bonds. The normalized spacial score (nSPS) is 25.0. The Morgan fingerprint density at radius 2 is 1.92 bits per heavy atom. The van der Waals surface area contributed by atoms with Gasteiger partial charge in [0, 0.05) is 25.6 Å². The van der Waals surface area contributed by atoms with E-state index in [0.29, 0.717) is 13.0 Å². The lowest BCUT2D eigenvalue weighted by Gasteiger charge is -2.36. The second-order valence-corrected chi connectivity index (χ2v) is 7.92. The Hall–Kier alpha value is -0.0300. The van der Waals surface area contributed by atoms with Crippen molar-refractivity contribution >= 4 is 30.7 Å². The minimum absolute atomic E-state index is 0. The predicted molar refractivity (Wildman–Crippen MR) is 106 cm³/mol. The molecule has 0 bridgehead atoms. The van der Waals surface area contributed by atoms with Crippen molar-refractivity contribution in [1.82, 2.24) is 10.2 Å². The van der Waals surface area contributed by atoms with Crippen LogP contribution in [-0.4, -0.2) is 43.0 Å². The Bertz CT molecular complexity index is 362. The number of carbonyl (C=O) groups excluding carboxylic acids is 1. The molecule has 2 aliphatic rings. The summed E-state index contributed by atoms with van der Waals surface area (Å²) in [5.74, 6) is 0.990. The molecule has 4 nitrogen and oxygen atoms in total. The van der Waals surface area contributed by atoms with Crippen molar-refractivity contribution in [3.8, 4) is 0 Å². The first-order valence-corrected chi connectivity index (χ1v) is 9.25. The van der Waals surface area contributed by atoms with Crippen LogP contribution in [0.25, 0.3) is 0 Å². The van der Waals surface area contributed by atoms with Crippen LogP contribution in [-0.2, 0) is 4.79 Å². The van der Waals surface area contributed by atoms with Crippen molar-refractivity contribution < 1.29 is 4.79 Å². The zero-order chi connectivity index (χ0) is 16.0. The van der Waals surface area contributed by atoms with Crippen LogP contribution in [0.15, 0.2) is 0 Å². The van der Waals surface area contributed by atoms with Gasteiger partial charge in [-0.15, -0.1) is 24.8 Å². The molecule has 6 heteroatoms. The summed E-state index contributed by atoms with van der Waals surface area (Å²) in [4.78, 5) is 14.9. The van der Waals surface area contributed by atoms with Gasteiger partial charge < -0.3 is 16.0 Å². The Kier molecular flexibility index (Phi) is 11.5. The number of hydrogen-bond donors (Lipinski definition) is 2.